The first-order chi connectivity index (χ1) is 13.2. The Morgan fingerprint density at radius 1 is 1.25 bits per heavy atom. The van der Waals surface area contributed by atoms with E-state index in [1.807, 2.05) is 6.26 Å². The number of hydrogen-bond acceptors (Lipinski definition) is 6. The Morgan fingerprint density at radius 3 is 2.71 bits per heavy atom. The standard InChI is InChI=1S/C22H32O5S/c1-21-9-14(20(26)27-11-28-3)16(23)8-12(21)4-5-13-15-6-7-18(25)22(15,2)10-17(24)19(13)21/h8,13-15,17-19,24-25H,4-7,9-11H2,1-3H3/t13-,14?,15-,17?,18?,19-,21-,22-/m0/s1. The van der Waals surface area contributed by atoms with Crippen molar-refractivity contribution in [2.75, 3.05) is 12.2 Å². The molecule has 0 aliphatic heterocycles. The SMILES string of the molecule is CSCOC(=O)C1C[C@@]2(C)C(=CC1=O)CC[C@@H]1[C@H]2C(O)C[C@]2(C)C(O)CC[C@@H]12. The fourth-order valence-corrected chi connectivity index (χ4v) is 7.40. The maximum Gasteiger partial charge on any atom is 0.317 e. The second-order valence-electron chi connectivity index (χ2n) is 9.82. The van der Waals surface area contributed by atoms with Gasteiger partial charge in [-0.1, -0.05) is 19.4 Å². The topological polar surface area (TPSA) is 83.8 Å². The molecule has 0 saturated heterocycles. The lowest BCUT2D eigenvalue weighted by atomic mass is 9.46. The summed E-state index contributed by atoms with van der Waals surface area (Å²) in [5.74, 6) is -0.358. The fourth-order valence-electron chi connectivity index (χ4n) is 7.17. The number of aliphatic hydroxyl groups excluding tert-OH is 2. The summed E-state index contributed by atoms with van der Waals surface area (Å²) < 4.78 is 5.27. The molecule has 156 valence electrons. The maximum atomic E-state index is 12.6. The minimum atomic E-state index is -0.769. The van der Waals surface area contributed by atoms with E-state index < -0.39 is 18.0 Å². The number of carbonyl (C=O) groups is 2. The van der Waals surface area contributed by atoms with Gasteiger partial charge >= 0.3 is 5.97 Å². The van der Waals surface area contributed by atoms with E-state index >= 15 is 0 Å². The van der Waals surface area contributed by atoms with E-state index in [-0.39, 0.29) is 34.6 Å². The van der Waals surface area contributed by atoms with Crippen molar-refractivity contribution in [2.45, 2.75) is 64.6 Å². The van der Waals surface area contributed by atoms with Crippen LogP contribution in [0.3, 0.4) is 0 Å². The van der Waals surface area contributed by atoms with Crippen molar-refractivity contribution in [3.05, 3.63) is 11.6 Å². The lowest BCUT2D eigenvalue weighted by Crippen LogP contribution is -2.58. The first kappa shape index (κ1) is 20.4. The number of carbonyl (C=O) groups excluding carboxylic acids is 2. The molecule has 3 fully saturated rings. The molecule has 4 aliphatic rings. The van der Waals surface area contributed by atoms with Gasteiger partial charge in [0.1, 0.15) is 11.9 Å². The van der Waals surface area contributed by atoms with Crippen molar-refractivity contribution in [3.8, 4) is 0 Å². The second kappa shape index (κ2) is 7.13. The van der Waals surface area contributed by atoms with Gasteiger partial charge in [-0.3, -0.25) is 9.59 Å². The van der Waals surface area contributed by atoms with E-state index in [9.17, 15) is 19.8 Å². The molecule has 0 bridgehead atoms. The minimum Gasteiger partial charge on any atom is -0.454 e. The highest BCUT2D eigenvalue weighted by molar-refractivity contribution is 7.98. The van der Waals surface area contributed by atoms with E-state index in [4.69, 9.17) is 4.74 Å². The monoisotopic (exact) mass is 408 g/mol. The molecule has 0 spiro atoms. The Hall–Kier alpha value is -0.850. The second-order valence-corrected chi connectivity index (χ2v) is 10.6. The summed E-state index contributed by atoms with van der Waals surface area (Å²) in [5.41, 5.74) is 0.502. The van der Waals surface area contributed by atoms with Crippen molar-refractivity contribution < 1.29 is 24.5 Å². The van der Waals surface area contributed by atoms with Gasteiger partial charge in [-0.05, 0) is 79.4 Å². The number of ether oxygens (including phenoxy) is 1. The Balaban J connectivity index is 1.66. The van der Waals surface area contributed by atoms with Crippen LogP contribution in [0.25, 0.3) is 0 Å². The summed E-state index contributed by atoms with van der Waals surface area (Å²) in [7, 11) is 0. The zero-order valence-electron chi connectivity index (χ0n) is 17.0. The van der Waals surface area contributed by atoms with Crippen LogP contribution in [0, 0.1) is 34.5 Å². The average Bonchev–Trinajstić information content (AvgIpc) is 2.94. The number of fused-ring (bicyclic) bond motifs is 5. The molecule has 3 saturated carbocycles. The molecule has 3 unspecified atom stereocenters. The van der Waals surface area contributed by atoms with Crippen LogP contribution in [-0.4, -0.2) is 46.4 Å². The molecule has 4 aliphatic carbocycles. The molecule has 0 radical (unpaired) electrons. The predicted molar refractivity (Wildman–Crippen MR) is 107 cm³/mol. The Bertz CT molecular complexity index is 705. The van der Waals surface area contributed by atoms with E-state index in [0.29, 0.717) is 24.7 Å². The molecule has 0 heterocycles. The molecule has 6 heteroatoms. The van der Waals surface area contributed by atoms with Crippen molar-refractivity contribution >= 4 is 23.5 Å². The predicted octanol–water partition coefficient (Wildman–Crippen LogP) is 2.94. The van der Waals surface area contributed by atoms with Crippen LogP contribution < -0.4 is 0 Å². The van der Waals surface area contributed by atoms with E-state index in [1.165, 1.54) is 11.8 Å². The number of aliphatic hydroxyl groups is 2. The zero-order chi connectivity index (χ0) is 20.3. The summed E-state index contributed by atoms with van der Waals surface area (Å²) in [4.78, 5) is 25.2. The Morgan fingerprint density at radius 2 is 2.00 bits per heavy atom. The minimum absolute atomic E-state index is 0.0276. The summed E-state index contributed by atoms with van der Waals surface area (Å²) >= 11 is 1.41. The summed E-state index contributed by atoms with van der Waals surface area (Å²) in [5, 5.41) is 21.8. The fraction of sp³-hybridized carbons (Fsp3) is 0.818. The van der Waals surface area contributed by atoms with Gasteiger partial charge in [0.25, 0.3) is 0 Å². The van der Waals surface area contributed by atoms with Gasteiger partial charge in [0.05, 0.1) is 12.2 Å². The van der Waals surface area contributed by atoms with Gasteiger partial charge < -0.3 is 14.9 Å². The lowest BCUT2D eigenvalue weighted by molar-refractivity contribution is -0.159. The highest BCUT2D eigenvalue weighted by Crippen LogP contribution is 2.65. The molecule has 8 atom stereocenters. The van der Waals surface area contributed by atoms with Gasteiger partial charge in [-0.25, -0.2) is 0 Å². The summed E-state index contributed by atoms with van der Waals surface area (Å²) in [6, 6.07) is 0. The number of thioether (sulfide) groups is 1. The van der Waals surface area contributed by atoms with Gasteiger partial charge in [-0.2, -0.15) is 0 Å². The molecule has 28 heavy (non-hydrogen) atoms. The third-order valence-electron chi connectivity index (χ3n) is 8.51. The summed E-state index contributed by atoms with van der Waals surface area (Å²) in [6.45, 7) is 4.27. The van der Waals surface area contributed by atoms with Crippen molar-refractivity contribution in [2.24, 2.45) is 34.5 Å². The molecule has 4 rings (SSSR count). The van der Waals surface area contributed by atoms with Crippen molar-refractivity contribution in [1.29, 1.82) is 0 Å². The molecule has 0 aromatic carbocycles. The van der Waals surface area contributed by atoms with Gasteiger partial charge in [-0.15, -0.1) is 11.8 Å². The summed E-state index contributed by atoms with van der Waals surface area (Å²) in [6.07, 6.45) is 7.27. The highest BCUT2D eigenvalue weighted by atomic mass is 32.2. The molecule has 2 N–H and O–H groups in total. The highest BCUT2D eigenvalue weighted by Gasteiger charge is 2.62. The van der Waals surface area contributed by atoms with E-state index in [2.05, 4.69) is 13.8 Å². The van der Waals surface area contributed by atoms with Crippen LogP contribution in [0.15, 0.2) is 11.6 Å². The van der Waals surface area contributed by atoms with Crippen LogP contribution >= 0.6 is 11.8 Å². The molecular weight excluding hydrogens is 376 g/mol. The molecular formula is C22H32O5S. The number of allylic oxidation sites excluding steroid dienone is 1. The van der Waals surface area contributed by atoms with Gasteiger partial charge in [0, 0.05) is 0 Å². The first-order valence-electron chi connectivity index (χ1n) is 10.5. The van der Waals surface area contributed by atoms with Crippen LogP contribution in [0.2, 0.25) is 0 Å². The third-order valence-corrected chi connectivity index (χ3v) is 8.86. The van der Waals surface area contributed by atoms with Gasteiger partial charge in [0.2, 0.25) is 0 Å². The number of rotatable bonds is 3. The lowest BCUT2D eigenvalue weighted by Gasteiger charge is -2.59. The number of hydrogen-bond donors (Lipinski definition) is 2. The van der Waals surface area contributed by atoms with Crippen LogP contribution in [0.5, 0.6) is 0 Å². The maximum absolute atomic E-state index is 12.6. The molecule has 0 amide bonds. The van der Waals surface area contributed by atoms with Crippen LogP contribution in [-0.2, 0) is 14.3 Å². The van der Waals surface area contributed by atoms with Crippen LogP contribution in [0.1, 0.15) is 52.4 Å². The quantitative estimate of drug-likeness (QED) is 0.424. The third kappa shape index (κ3) is 2.90. The molecule has 0 aromatic heterocycles. The van der Waals surface area contributed by atoms with Gasteiger partial charge in [0.15, 0.2) is 5.78 Å². The average molecular weight is 409 g/mol. The Kier molecular flexibility index (Phi) is 5.20. The van der Waals surface area contributed by atoms with Crippen LogP contribution in [0.4, 0.5) is 0 Å². The van der Waals surface area contributed by atoms with Crippen molar-refractivity contribution in [1.82, 2.24) is 0 Å². The zero-order valence-corrected chi connectivity index (χ0v) is 17.8. The smallest absolute Gasteiger partial charge is 0.317 e. The van der Waals surface area contributed by atoms with E-state index in [0.717, 1.165) is 31.3 Å². The van der Waals surface area contributed by atoms with E-state index in [1.54, 1.807) is 6.08 Å². The van der Waals surface area contributed by atoms with Crippen molar-refractivity contribution in [3.63, 3.8) is 0 Å². The number of ketones is 1. The number of esters is 1. The normalized spacial score (nSPS) is 47.6. The largest absolute Gasteiger partial charge is 0.454 e. The Labute approximate surface area is 171 Å². The molecule has 5 nitrogen and oxygen atoms in total. The molecule has 0 aromatic rings. The first-order valence-corrected chi connectivity index (χ1v) is 11.9.